The van der Waals surface area contributed by atoms with Crippen molar-refractivity contribution in [1.82, 2.24) is 10.2 Å². The van der Waals surface area contributed by atoms with Crippen molar-refractivity contribution in [3.8, 4) is 17.6 Å². The van der Waals surface area contributed by atoms with Crippen LogP contribution in [0.4, 0.5) is 5.13 Å². The van der Waals surface area contributed by atoms with Crippen LogP contribution in [0.2, 0.25) is 0 Å². The summed E-state index contributed by atoms with van der Waals surface area (Å²) in [7, 11) is 1.53. The molecular formula is C18H20N4O3S. The molecule has 7 nitrogen and oxygen atoms in total. The fourth-order valence-corrected chi connectivity index (χ4v) is 2.79. The van der Waals surface area contributed by atoms with Crippen LogP contribution in [-0.2, 0) is 4.79 Å². The number of nitrogens with zero attached hydrogens (tertiary/aromatic N) is 3. The molecular weight excluding hydrogens is 352 g/mol. The van der Waals surface area contributed by atoms with Gasteiger partial charge in [-0.3, -0.25) is 10.1 Å². The Morgan fingerprint density at radius 2 is 2.15 bits per heavy atom. The number of carbonyl (C=O) groups is 1. The summed E-state index contributed by atoms with van der Waals surface area (Å²) >= 11 is 1.29. The van der Waals surface area contributed by atoms with Gasteiger partial charge in [0, 0.05) is 5.92 Å². The normalized spacial score (nSPS) is 11.2. The van der Waals surface area contributed by atoms with Gasteiger partial charge in [-0.05, 0) is 30.7 Å². The molecule has 0 saturated carbocycles. The molecule has 0 saturated heterocycles. The van der Waals surface area contributed by atoms with Crippen LogP contribution in [0.15, 0.2) is 23.8 Å². The molecule has 0 atom stereocenters. The summed E-state index contributed by atoms with van der Waals surface area (Å²) in [6, 6.07) is 7.10. The van der Waals surface area contributed by atoms with Gasteiger partial charge in [0.1, 0.15) is 16.6 Å². The van der Waals surface area contributed by atoms with Gasteiger partial charge in [0.2, 0.25) is 5.13 Å². The molecule has 2 aromatic rings. The molecule has 8 heteroatoms. The number of nitriles is 1. The Labute approximate surface area is 156 Å². The minimum Gasteiger partial charge on any atom is -0.493 e. The Morgan fingerprint density at radius 1 is 1.38 bits per heavy atom. The minimum atomic E-state index is -0.535. The number of ether oxygens (including phenoxy) is 2. The first-order valence-electron chi connectivity index (χ1n) is 8.05. The van der Waals surface area contributed by atoms with Crippen LogP contribution in [0.5, 0.6) is 11.5 Å². The lowest BCUT2D eigenvalue weighted by atomic mass is 10.1. The molecule has 2 rings (SSSR count). The first-order valence-corrected chi connectivity index (χ1v) is 8.87. The zero-order chi connectivity index (χ0) is 19.1. The van der Waals surface area contributed by atoms with Crippen LogP contribution in [0.3, 0.4) is 0 Å². The summed E-state index contributed by atoms with van der Waals surface area (Å²) < 4.78 is 10.7. The SMILES string of the molecule is CCOc1ccc(/C=C(\C#N)C(=O)Nc2nnc(C(C)C)s2)cc1OC. The Kier molecular flexibility index (Phi) is 6.69. The number of hydrogen-bond acceptors (Lipinski definition) is 7. The second-order valence-electron chi connectivity index (χ2n) is 5.57. The van der Waals surface area contributed by atoms with Crippen molar-refractivity contribution in [3.05, 3.63) is 34.3 Å². The molecule has 0 aliphatic rings. The van der Waals surface area contributed by atoms with Gasteiger partial charge >= 0.3 is 0 Å². The van der Waals surface area contributed by atoms with E-state index in [-0.39, 0.29) is 11.5 Å². The maximum absolute atomic E-state index is 12.3. The lowest BCUT2D eigenvalue weighted by molar-refractivity contribution is -0.112. The highest BCUT2D eigenvalue weighted by atomic mass is 32.1. The van der Waals surface area contributed by atoms with Crippen LogP contribution < -0.4 is 14.8 Å². The summed E-state index contributed by atoms with van der Waals surface area (Å²) in [6.45, 7) is 6.37. The highest BCUT2D eigenvalue weighted by Gasteiger charge is 2.14. The Hall–Kier alpha value is -2.92. The predicted octanol–water partition coefficient (Wildman–Crippen LogP) is 3.61. The van der Waals surface area contributed by atoms with Crippen molar-refractivity contribution in [1.29, 1.82) is 5.26 Å². The number of amides is 1. The Morgan fingerprint density at radius 3 is 2.73 bits per heavy atom. The lowest BCUT2D eigenvalue weighted by Gasteiger charge is -2.09. The Bertz CT molecular complexity index is 852. The van der Waals surface area contributed by atoms with Gasteiger partial charge in [-0.2, -0.15) is 5.26 Å². The number of hydrogen-bond donors (Lipinski definition) is 1. The third-order valence-corrected chi connectivity index (χ3v) is 4.46. The van der Waals surface area contributed by atoms with Gasteiger partial charge in [-0.1, -0.05) is 31.3 Å². The first kappa shape index (κ1) is 19.4. The van der Waals surface area contributed by atoms with E-state index in [0.717, 1.165) is 5.01 Å². The third kappa shape index (κ3) is 4.80. The maximum atomic E-state index is 12.3. The molecule has 0 aliphatic heterocycles. The molecule has 1 N–H and O–H groups in total. The van der Waals surface area contributed by atoms with Gasteiger partial charge in [0.25, 0.3) is 5.91 Å². The number of methoxy groups -OCH3 is 1. The topological polar surface area (TPSA) is 97.1 Å². The maximum Gasteiger partial charge on any atom is 0.268 e. The van der Waals surface area contributed by atoms with Crippen LogP contribution in [0.1, 0.15) is 37.3 Å². The molecule has 1 aromatic heterocycles. The van der Waals surface area contributed by atoms with Gasteiger partial charge in [-0.15, -0.1) is 10.2 Å². The third-order valence-electron chi connectivity index (χ3n) is 3.32. The molecule has 0 fully saturated rings. The summed E-state index contributed by atoms with van der Waals surface area (Å²) in [6.07, 6.45) is 1.48. The molecule has 136 valence electrons. The molecule has 0 unspecified atom stereocenters. The van der Waals surface area contributed by atoms with Crippen LogP contribution in [-0.4, -0.2) is 29.8 Å². The number of benzene rings is 1. The quantitative estimate of drug-likeness (QED) is 0.589. The van der Waals surface area contributed by atoms with E-state index in [1.807, 2.05) is 26.8 Å². The van der Waals surface area contributed by atoms with Crippen molar-refractivity contribution in [2.75, 3.05) is 19.0 Å². The standard InChI is InChI=1S/C18H20N4O3S/c1-5-25-14-7-6-12(9-15(14)24-4)8-13(10-19)16(23)20-18-22-21-17(26-18)11(2)3/h6-9,11H,5H2,1-4H3,(H,20,22,23)/b13-8+. The highest BCUT2D eigenvalue weighted by Crippen LogP contribution is 2.29. The van der Waals surface area contributed by atoms with E-state index in [1.165, 1.54) is 24.5 Å². The van der Waals surface area contributed by atoms with E-state index in [0.29, 0.717) is 28.8 Å². The van der Waals surface area contributed by atoms with E-state index >= 15 is 0 Å². The monoisotopic (exact) mass is 372 g/mol. The van der Waals surface area contributed by atoms with E-state index in [1.54, 1.807) is 18.2 Å². The van der Waals surface area contributed by atoms with Crippen molar-refractivity contribution in [3.63, 3.8) is 0 Å². The minimum absolute atomic E-state index is 0.0440. The van der Waals surface area contributed by atoms with E-state index in [2.05, 4.69) is 15.5 Å². The van der Waals surface area contributed by atoms with Crippen LogP contribution in [0.25, 0.3) is 6.08 Å². The summed E-state index contributed by atoms with van der Waals surface area (Å²) in [5, 5.41) is 21.1. The lowest BCUT2D eigenvalue weighted by Crippen LogP contribution is -2.13. The predicted molar refractivity (Wildman–Crippen MR) is 100 cm³/mol. The average Bonchev–Trinajstić information content (AvgIpc) is 3.09. The van der Waals surface area contributed by atoms with Crippen LogP contribution in [0, 0.1) is 11.3 Å². The number of nitrogens with one attached hydrogen (secondary N) is 1. The number of rotatable bonds is 7. The molecule has 1 amide bonds. The summed E-state index contributed by atoms with van der Waals surface area (Å²) in [5.41, 5.74) is 0.606. The molecule has 0 aliphatic carbocycles. The zero-order valence-corrected chi connectivity index (χ0v) is 15.9. The van der Waals surface area contributed by atoms with Crippen molar-refractivity contribution in [2.24, 2.45) is 0 Å². The largest absolute Gasteiger partial charge is 0.493 e. The van der Waals surface area contributed by atoms with Crippen molar-refractivity contribution in [2.45, 2.75) is 26.7 Å². The summed E-state index contributed by atoms with van der Waals surface area (Å²) in [5.74, 6) is 0.821. The van der Waals surface area contributed by atoms with E-state index in [4.69, 9.17) is 9.47 Å². The molecule has 1 heterocycles. The first-order chi connectivity index (χ1) is 12.5. The molecule has 1 aromatic carbocycles. The molecule has 26 heavy (non-hydrogen) atoms. The van der Waals surface area contributed by atoms with Crippen LogP contribution >= 0.6 is 11.3 Å². The van der Waals surface area contributed by atoms with E-state index < -0.39 is 5.91 Å². The summed E-state index contributed by atoms with van der Waals surface area (Å²) in [4.78, 5) is 12.3. The van der Waals surface area contributed by atoms with Gasteiger partial charge in [0.05, 0.1) is 13.7 Å². The van der Waals surface area contributed by atoms with Gasteiger partial charge in [0.15, 0.2) is 11.5 Å². The van der Waals surface area contributed by atoms with Crippen molar-refractivity contribution >= 4 is 28.5 Å². The Balaban J connectivity index is 2.20. The fourth-order valence-electron chi connectivity index (χ4n) is 2.05. The smallest absolute Gasteiger partial charge is 0.268 e. The number of carbonyl (C=O) groups excluding carboxylic acids is 1. The second kappa shape index (κ2) is 8.97. The molecule has 0 spiro atoms. The number of aromatic nitrogens is 2. The fraction of sp³-hybridized carbons (Fsp3) is 0.333. The molecule has 0 bridgehead atoms. The molecule has 0 radical (unpaired) electrons. The second-order valence-corrected chi connectivity index (χ2v) is 6.58. The van der Waals surface area contributed by atoms with E-state index in [9.17, 15) is 10.1 Å². The van der Waals surface area contributed by atoms with Gasteiger partial charge < -0.3 is 9.47 Å². The van der Waals surface area contributed by atoms with Crippen molar-refractivity contribution < 1.29 is 14.3 Å². The number of anilines is 1. The zero-order valence-electron chi connectivity index (χ0n) is 15.1. The average molecular weight is 372 g/mol. The highest BCUT2D eigenvalue weighted by molar-refractivity contribution is 7.15. The van der Waals surface area contributed by atoms with Gasteiger partial charge in [-0.25, -0.2) is 0 Å².